The van der Waals surface area contributed by atoms with Crippen LogP contribution in [0.4, 0.5) is 0 Å². The lowest BCUT2D eigenvalue weighted by atomic mass is 10.1. The molecule has 2 aromatic rings. The van der Waals surface area contributed by atoms with Crippen LogP contribution in [0.5, 0.6) is 0 Å². The number of hydrogen-bond acceptors (Lipinski definition) is 5. The van der Waals surface area contributed by atoms with E-state index >= 15 is 0 Å². The van der Waals surface area contributed by atoms with E-state index in [1.54, 1.807) is 6.20 Å². The third-order valence-corrected chi connectivity index (χ3v) is 2.75. The van der Waals surface area contributed by atoms with Crippen LogP contribution in [0.2, 0.25) is 0 Å². The first-order chi connectivity index (χ1) is 7.93. The van der Waals surface area contributed by atoms with Gasteiger partial charge in [0, 0.05) is 12.7 Å². The SMILES string of the molecule is Cl.c1ccc(-c2noc(C3CCNC3)n2)nc1. The summed E-state index contributed by atoms with van der Waals surface area (Å²) in [4.78, 5) is 8.57. The Labute approximate surface area is 105 Å². The molecule has 0 aromatic carbocycles. The molecule has 1 aliphatic rings. The monoisotopic (exact) mass is 252 g/mol. The fourth-order valence-electron chi connectivity index (χ4n) is 1.87. The first-order valence-corrected chi connectivity index (χ1v) is 5.39. The van der Waals surface area contributed by atoms with Crippen molar-refractivity contribution >= 4 is 12.4 Å². The normalized spacial score (nSPS) is 18.9. The molecule has 0 amide bonds. The molecule has 1 N–H and O–H groups in total. The maximum Gasteiger partial charge on any atom is 0.231 e. The molecule has 0 bridgehead atoms. The van der Waals surface area contributed by atoms with Gasteiger partial charge in [-0.1, -0.05) is 11.2 Å². The number of nitrogens with one attached hydrogen (secondary N) is 1. The van der Waals surface area contributed by atoms with Gasteiger partial charge >= 0.3 is 0 Å². The molecule has 1 unspecified atom stereocenters. The van der Waals surface area contributed by atoms with Gasteiger partial charge in [-0.05, 0) is 25.1 Å². The summed E-state index contributed by atoms with van der Waals surface area (Å²) in [5.74, 6) is 1.64. The fraction of sp³-hybridized carbons (Fsp3) is 0.364. The van der Waals surface area contributed by atoms with Gasteiger partial charge in [0.05, 0.1) is 5.92 Å². The molecule has 5 nitrogen and oxygen atoms in total. The van der Waals surface area contributed by atoms with Crippen LogP contribution in [-0.4, -0.2) is 28.2 Å². The Kier molecular flexibility index (Phi) is 3.71. The van der Waals surface area contributed by atoms with Gasteiger partial charge in [-0.2, -0.15) is 4.98 Å². The van der Waals surface area contributed by atoms with Gasteiger partial charge in [0.1, 0.15) is 5.69 Å². The van der Waals surface area contributed by atoms with E-state index in [1.165, 1.54) is 0 Å². The molecule has 90 valence electrons. The Morgan fingerprint density at radius 1 is 1.35 bits per heavy atom. The molecular formula is C11H13ClN4O. The van der Waals surface area contributed by atoms with Crippen LogP contribution in [-0.2, 0) is 0 Å². The van der Waals surface area contributed by atoms with Crippen molar-refractivity contribution in [2.75, 3.05) is 13.1 Å². The van der Waals surface area contributed by atoms with Gasteiger partial charge in [0.15, 0.2) is 0 Å². The summed E-state index contributed by atoms with van der Waals surface area (Å²) in [7, 11) is 0. The zero-order valence-electron chi connectivity index (χ0n) is 9.17. The molecule has 17 heavy (non-hydrogen) atoms. The predicted octanol–water partition coefficient (Wildman–Crippen LogP) is 1.63. The average molecular weight is 253 g/mol. The van der Waals surface area contributed by atoms with E-state index in [1.807, 2.05) is 18.2 Å². The standard InChI is InChI=1S/C11H12N4O.ClH/c1-2-5-13-9(3-1)10-14-11(16-15-10)8-4-6-12-7-8;/h1-3,5,8,12H,4,6-7H2;1H. The number of pyridine rings is 1. The lowest BCUT2D eigenvalue weighted by molar-refractivity contribution is 0.359. The zero-order chi connectivity index (χ0) is 10.8. The zero-order valence-corrected chi connectivity index (χ0v) is 9.98. The van der Waals surface area contributed by atoms with Crippen LogP contribution >= 0.6 is 12.4 Å². The topological polar surface area (TPSA) is 63.8 Å². The van der Waals surface area contributed by atoms with Gasteiger partial charge < -0.3 is 9.84 Å². The molecule has 2 aromatic heterocycles. The summed E-state index contributed by atoms with van der Waals surface area (Å²) in [5.41, 5.74) is 0.753. The van der Waals surface area contributed by atoms with Crippen molar-refractivity contribution in [3.63, 3.8) is 0 Å². The van der Waals surface area contributed by atoms with E-state index in [9.17, 15) is 0 Å². The van der Waals surface area contributed by atoms with E-state index in [0.717, 1.165) is 25.2 Å². The van der Waals surface area contributed by atoms with Gasteiger partial charge in [0.2, 0.25) is 11.7 Å². The predicted molar refractivity (Wildman–Crippen MR) is 65.0 cm³/mol. The van der Waals surface area contributed by atoms with Crippen LogP contribution < -0.4 is 5.32 Å². The van der Waals surface area contributed by atoms with E-state index in [2.05, 4.69) is 20.4 Å². The number of nitrogens with zero attached hydrogens (tertiary/aromatic N) is 3. The summed E-state index contributed by atoms with van der Waals surface area (Å²) in [5, 5.41) is 7.23. The number of rotatable bonds is 2. The molecular weight excluding hydrogens is 240 g/mol. The van der Waals surface area contributed by atoms with Crippen LogP contribution in [0, 0.1) is 0 Å². The van der Waals surface area contributed by atoms with Gasteiger partial charge in [-0.25, -0.2) is 0 Å². The lowest BCUT2D eigenvalue weighted by Gasteiger charge is -1.98. The van der Waals surface area contributed by atoms with Gasteiger partial charge in [0.25, 0.3) is 0 Å². The molecule has 3 heterocycles. The Morgan fingerprint density at radius 2 is 2.29 bits per heavy atom. The maximum absolute atomic E-state index is 5.26. The van der Waals surface area contributed by atoms with Crippen molar-refractivity contribution < 1.29 is 4.52 Å². The molecule has 1 aliphatic heterocycles. The molecule has 6 heteroatoms. The fourth-order valence-corrected chi connectivity index (χ4v) is 1.87. The molecule has 0 radical (unpaired) electrons. The summed E-state index contributed by atoms with van der Waals surface area (Å²) in [6.45, 7) is 1.94. The van der Waals surface area contributed by atoms with Crippen LogP contribution in [0.15, 0.2) is 28.9 Å². The van der Waals surface area contributed by atoms with Crippen molar-refractivity contribution in [3.8, 4) is 11.5 Å². The Hall–Kier alpha value is -1.46. The molecule has 0 spiro atoms. The van der Waals surface area contributed by atoms with E-state index in [-0.39, 0.29) is 12.4 Å². The summed E-state index contributed by atoms with van der Waals surface area (Å²) >= 11 is 0. The number of halogens is 1. The largest absolute Gasteiger partial charge is 0.339 e. The Bertz CT molecular complexity index is 467. The highest BCUT2D eigenvalue weighted by atomic mass is 35.5. The third-order valence-electron chi connectivity index (χ3n) is 2.75. The molecule has 1 atom stereocenters. The maximum atomic E-state index is 5.26. The highest BCUT2D eigenvalue weighted by Crippen LogP contribution is 2.22. The van der Waals surface area contributed by atoms with E-state index in [4.69, 9.17) is 4.52 Å². The number of hydrogen-bond donors (Lipinski definition) is 1. The first-order valence-electron chi connectivity index (χ1n) is 5.39. The Morgan fingerprint density at radius 3 is 3.00 bits per heavy atom. The van der Waals surface area contributed by atoms with Crippen molar-refractivity contribution in [1.82, 2.24) is 20.4 Å². The summed E-state index contributed by atoms with van der Waals surface area (Å²) in [6.07, 6.45) is 2.78. The van der Waals surface area contributed by atoms with Crippen LogP contribution in [0.1, 0.15) is 18.2 Å². The highest BCUT2D eigenvalue weighted by Gasteiger charge is 2.23. The van der Waals surface area contributed by atoms with Crippen molar-refractivity contribution in [2.45, 2.75) is 12.3 Å². The van der Waals surface area contributed by atoms with Crippen LogP contribution in [0.25, 0.3) is 11.5 Å². The summed E-state index contributed by atoms with van der Waals surface area (Å²) in [6, 6.07) is 5.66. The van der Waals surface area contributed by atoms with E-state index in [0.29, 0.717) is 17.6 Å². The van der Waals surface area contributed by atoms with E-state index < -0.39 is 0 Å². The van der Waals surface area contributed by atoms with Gasteiger partial charge in [-0.3, -0.25) is 4.98 Å². The first kappa shape index (κ1) is 12.0. The second-order valence-corrected chi connectivity index (χ2v) is 3.86. The second kappa shape index (κ2) is 5.25. The number of aromatic nitrogens is 3. The molecule has 0 saturated carbocycles. The molecule has 0 aliphatic carbocycles. The molecule has 3 rings (SSSR count). The molecule has 1 fully saturated rings. The minimum atomic E-state index is 0. The minimum absolute atomic E-state index is 0. The lowest BCUT2D eigenvalue weighted by Crippen LogP contribution is -2.08. The smallest absolute Gasteiger partial charge is 0.231 e. The molecule has 1 saturated heterocycles. The highest BCUT2D eigenvalue weighted by molar-refractivity contribution is 5.85. The average Bonchev–Trinajstić information content (AvgIpc) is 3.01. The van der Waals surface area contributed by atoms with Crippen molar-refractivity contribution in [1.29, 1.82) is 0 Å². The third kappa shape index (κ3) is 2.45. The van der Waals surface area contributed by atoms with Gasteiger partial charge in [-0.15, -0.1) is 12.4 Å². The van der Waals surface area contributed by atoms with Crippen molar-refractivity contribution in [2.24, 2.45) is 0 Å². The summed E-state index contributed by atoms with van der Waals surface area (Å²) < 4.78 is 5.26. The van der Waals surface area contributed by atoms with Crippen molar-refractivity contribution in [3.05, 3.63) is 30.3 Å². The minimum Gasteiger partial charge on any atom is -0.339 e. The quantitative estimate of drug-likeness (QED) is 0.880. The Balaban J connectivity index is 0.00000108. The van der Waals surface area contributed by atoms with Crippen LogP contribution in [0.3, 0.4) is 0 Å². The second-order valence-electron chi connectivity index (χ2n) is 3.86.